The third-order valence-corrected chi connectivity index (χ3v) is 4.01. The average molecular weight is 285 g/mol. The summed E-state index contributed by atoms with van der Waals surface area (Å²) in [4.78, 5) is 26.3. The molecule has 0 unspecified atom stereocenters. The zero-order valence-corrected chi connectivity index (χ0v) is 12.3. The molecule has 0 bridgehead atoms. The highest BCUT2D eigenvalue weighted by molar-refractivity contribution is 6.01. The highest BCUT2D eigenvalue weighted by Gasteiger charge is 2.40. The number of amides is 3. The Bertz CT molecular complexity index is 636. The van der Waals surface area contributed by atoms with Crippen LogP contribution in [0.15, 0.2) is 35.5 Å². The lowest BCUT2D eigenvalue weighted by molar-refractivity contribution is -0.125. The second-order valence-electron chi connectivity index (χ2n) is 5.51. The molecular formula is C16H19N3O2. The molecule has 0 fully saturated rings. The summed E-state index contributed by atoms with van der Waals surface area (Å²) in [6, 6.07) is 7.24. The van der Waals surface area contributed by atoms with Gasteiger partial charge < -0.3 is 15.5 Å². The van der Waals surface area contributed by atoms with Gasteiger partial charge in [0.1, 0.15) is 0 Å². The molecule has 2 aliphatic heterocycles. The van der Waals surface area contributed by atoms with Crippen LogP contribution in [0.1, 0.15) is 30.5 Å². The Morgan fingerprint density at radius 1 is 1.29 bits per heavy atom. The predicted octanol–water partition coefficient (Wildman–Crippen LogP) is 1.86. The van der Waals surface area contributed by atoms with Gasteiger partial charge in [-0.3, -0.25) is 4.79 Å². The topological polar surface area (TPSA) is 61.4 Å². The average Bonchev–Trinajstić information content (AvgIpc) is 2.75. The van der Waals surface area contributed by atoms with Gasteiger partial charge in [-0.2, -0.15) is 0 Å². The Balaban J connectivity index is 2.01. The Morgan fingerprint density at radius 2 is 2.05 bits per heavy atom. The molecule has 3 amide bonds. The third kappa shape index (κ3) is 2.28. The van der Waals surface area contributed by atoms with E-state index in [1.165, 1.54) is 0 Å². The van der Waals surface area contributed by atoms with Crippen molar-refractivity contribution < 1.29 is 9.59 Å². The van der Waals surface area contributed by atoms with Gasteiger partial charge in [0, 0.05) is 6.54 Å². The maximum Gasteiger partial charge on any atom is 0.319 e. The molecule has 0 aromatic heterocycles. The van der Waals surface area contributed by atoms with E-state index in [1.807, 2.05) is 38.1 Å². The minimum atomic E-state index is -0.357. The summed E-state index contributed by atoms with van der Waals surface area (Å²) in [6.07, 6.45) is 0.905. The smallest absolute Gasteiger partial charge is 0.319 e. The van der Waals surface area contributed by atoms with Crippen molar-refractivity contribution in [2.75, 3.05) is 13.1 Å². The lowest BCUT2D eigenvalue weighted by atomic mass is 9.93. The van der Waals surface area contributed by atoms with E-state index >= 15 is 0 Å². The molecule has 2 aliphatic rings. The van der Waals surface area contributed by atoms with Gasteiger partial charge in [0.2, 0.25) is 0 Å². The van der Waals surface area contributed by atoms with Crippen molar-refractivity contribution in [3.05, 3.63) is 46.7 Å². The maximum absolute atomic E-state index is 12.6. The van der Waals surface area contributed by atoms with Crippen LogP contribution in [0.2, 0.25) is 0 Å². The van der Waals surface area contributed by atoms with Crippen molar-refractivity contribution in [2.24, 2.45) is 0 Å². The minimum Gasteiger partial charge on any atom is -0.333 e. The summed E-state index contributed by atoms with van der Waals surface area (Å²) in [7, 11) is 0. The number of rotatable bonds is 3. The van der Waals surface area contributed by atoms with Gasteiger partial charge in [-0.1, -0.05) is 31.2 Å². The van der Waals surface area contributed by atoms with E-state index in [4.69, 9.17) is 0 Å². The van der Waals surface area contributed by atoms with Crippen LogP contribution in [0, 0.1) is 6.92 Å². The first-order chi connectivity index (χ1) is 10.1. The summed E-state index contributed by atoms with van der Waals surface area (Å²) in [5.41, 5.74) is 3.47. The van der Waals surface area contributed by atoms with Crippen molar-refractivity contribution in [1.82, 2.24) is 15.5 Å². The largest absolute Gasteiger partial charge is 0.333 e. The molecule has 0 aliphatic carbocycles. The Morgan fingerprint density at radius 3 is 2.76 bits per heavy atom. The zero-order valence-electron chi connectivity index (χ0n) is 12.3. The van der Waals surface area contributed by atoms with Gasteiger partial charge in [-0.25, -0.2) is 4.79 Å². The molecule has 21 heavy (non-hydrogen) atoms. The van der Waals surface area contributed by atoms with Crippen LogP contribution in [0.5, 0.6) is 0 Å². The number of nitrogens with zero attached hydrogens (tertiary/aromatic N) is 1. The van der Waals surface area contributed by atoms with E-state index in [9.17, 15) is 9.59 Å². The number of nitrogens with one attached hydrogen (secondary N) is 2. The maximum atomic E-state index is 12.6. The molecule has 1 atom stereocenters. The molecule has 1 aromatic carbocycles. The van der Waals surface area contributed by atoms with Crippen molar-refractivity contribution >= 4 is 11.9 Å². The van der Waals surface area contributed by atoms with Crippen LogP contribution in [-0.2, 0) is 4.79 Å². The number of benzene rings is 1. The highest BCUT2D eigenvalue weighted by Crippen LogP contribution is 2.33. The SMILES string of the molecule is CCCN1CC2=C(C1=O)[C@H](c1ccccc1C)NC(=O)N2. The number of hydrogen-bond donors (Lipinski definition) is 2. The molecular weight excluding hydrogens is 266 g/mol. The fourth-order valence-electron chi connectivity index (χ4n) is 3.02. The van der Waals surface area contributed by atoms with E-state index in [-0.39, 0.29) is 18.0 Å². The Hall–Kier alpha value is -2.30. The minimum absolute atomic E-state index is 0.0209. The molecule has 5 heteroatoms. The fourth-order valence-corrected chi connectivity index (χ4v) is 3.02. The molecule has 5 nitrogen and oxygen atoms in total. The van der Waals surface area contributed by atoms with Crippen LogP contribution in [0.3, 0.4) is 0 Å². The van der Waals surface area contributed by atoms with Crippen LogP contribution in [0.4, 0.5) is 4.79 Å². The van der Waals surface area contributed by atoms with Gasteiger partial charge in [-0.15, -0.1) is 0 Å². The standard InChI is InChI=1S/C16H19N3O2/c1-3-8-19-9-12-13(15(19)20)14(18-16(21)17-12)11-7-5-4-6-10(11)2/h4-7,14H,3,8-9H2,1-2H3,(H2,17,18,21)/t14-/m0/s1. The van der Waals surface area contributed by atoms with E-state index in [1.54, 1.807) is 4.90 Å². The number of urea groups is 1. The number of hydrogen-bond acceptors (Lipinski definition) is 2. The normalized spacial score (nSPS) is 21.2. The van der Waals surface area contributed by atoms with Crippen LogP contribution >= 0.6 is 0 Å². The predicted molar refractivity (Wildman–Crippen MR) is 79.5 cm³/mol. The summed E-state index contributed by atoms with van der Waals surface area (Å²) in [5.74, 6) is 0.0209. The van der Waals surface area contributed by atoms with Crippen LogP contribution in [0.25, 0.3) is 0 Å². The molecule has 2 N–H and O–H groups in total. The molecule has 3 rings (SSSR count). The Labute approximate surface area is 124 Å². The summed E-state index contributed by atoms with van der Waals surface area (Å²) < 4.78 is 0. The van der Waals surface area contributed by atoms with Crippen molar-refractivity contribution in [3.63, 3.8) is 0 Å². The van der Waals surface area contributed by atoms with E-state index in [0.29, 0.717) is 18.7 Å². The van der Waals surface area contributed by atoms with Crippen molar-refractivity contribution in [2.45, 2.75) is 26.3 Å². The van der Waals surface area contributed by atoms with Crippen LogP contribution in [-0.4, -0.2) is 29.9 Å². The number of aryl methyl sites for hydroxylation is 1. The van der Waals surface area contributed by atoms with Gasteiger partial charge >= 0.3 is 6.03 Å². The van der Waals surface area contributed by atoms with Gasteiger partial charge in [0.05, 0.1) is 23.9 Å². The first kappa shape index (κ1) is 13.7. The molecule has 1 aromatic rings. The van der Waals surface area contributed by atoms with Gasteiger partial charge in [0.25, 0.3) is 5.91 Å². The van der Waals surface area contributed by atoms with E-state index < -0.39 is 0 Å². The summed E-state index contributed by atoms with van der Waals surface area (Å²) >= 11 is 0. The monoisotopic (exact) mass is 285 g/mol. The second-order valence-corrected chi connectivity index (χ2v) is 5.51. The second kappa shape index (κ2) is 5.24. The van der Waals surface area contributed by atoms with E-state index in [0.717, 1.165) is 23.2 Å². The van der Waals surface area contributed by atoms with E-state index in [2.05, 4.69) is 10.6 Å². The van der Waals surface area contributed by atoms with Gasteiger partial charge in [-0.05, 0) is 24.5 Å². The molecule has 110 valence electrons. The Kier molecular flexibility index (Phi) is 3.41. The fraction of sp³-hybridized carbons (Fsp3) is 0.375. The summed E-state index contributed by atoms with van der Waals surface area (Å²) in [5, 5.41) is 5.67. The summed E-state index contributed by atoms with van der Waals surface area (Å²) in [6.45, 7) is 5.24. The molecule has 2 heterocycles. The van der Waals surface area contributed by atoms with Crippen molar-refractivity contribution in [1.29, 1.82) is 0 Å². The highest BCUT2D eigenvalue weighted by atomic mass is 16.2. The molecule has 0 saturated heterocycles. The first-order valence-corrected chi connectivity index (χ1v) is 7.27. The molecule has 0 saturated carbocycles. The van der Waals surface area contributed by atoms with Gasteiger partial charge in [0.15, 0.2) is 0 Å². The van der Waals surface area contributed by atoms with Crippen LogP contribution < -0.4 is 10.6 Å². The number of carbonyl (C=O) groups is 2. The van der Waals surface area contributed by atoms with Crippen molar-refractivity contribution in [3.8, 4) is 0 Å². The molecule has 0 spiro atoms. The third-order valence-electron chi connectivity index (χ3n) is 4.01. The first-order valence-electron chi connectivity index (χ1n) is 7.27. The zero-order chi connectivity index (χ0) is 15.0. The number of carbonyl (C=O) groups excluding carboxylic acids is 2. The lowest BCUT2D eigenvalue weighted by Gasteiger charge is -2.26. The molecule has 0 radical (unpaired) electrons. The lowest BCUT2D eigenvalue weighted by Crippen LogP contribution is -2.44. The quantitative estimate of drug-likeness (QED) is 0.890.